The quantitative estimate of drug-likeness (QED) is 0.245. The molecule has 1 unspecified atom stereocenters. The van der Waals surface area contributed by atoms with Crippen molar-refractivity contribution in [3.05, 3.63) is 47.2 Å². The molecular formula is C33H44N6O5S2Si. The van der Waals surface area contributed by atoms with Crippen molar-refractivity contribution in [3.8, 4) is 10.4 Å². The number of fused-ring (bicyclic) bond motifs is 1. The van der Waals surface area contributed by atoms with Crippen LogP contribution in [0.3, 0.4) is 0 Å². The second-order valence-electron chi connectivity index (χ2n) is 14.3. The topological polar surface area (TPSA) is 134 Å². The number of hydrogen-bond donors (Lipinski definition) is 2. The van der Waals surface area contributed by atoms with Gasteiger partial charge in [0, 0.05) is 19.1 Å². The highest BCUT2D eigenvalue weighted by Crippen LogP contribution is 2.43. The smallest absolute Gasteiger partial charge is 0.256 e. The van der Waals surface area contributed by atoms with Crippen LogP contribution in [0.15, 0.2) is 35.2 Å². The van der Waals surface area contributed by atoms with Crippen LogP contribution in [-0.2, 0) is 25.8 Å². The SMILES string of the molecule is CNS(=O)(=O)c1cc(-c2sc(Nc3cccc(N4CC[C@H](O[Si](C)(C)C(C)(C)C)C4=O)n3)nc2C)cc2c1C(=O)N(C(C)C1CC1)C2. The first-order valence-corrected chi connectivity index (χ1v) is 21.3. The number of benzene rings is 1. The van der Waals surface area contributed by atoms with E-state index in [1.807, 2.05) is 38.1 Å². The lowest BCUT2D eigenvalue weighted by molar-refractivity contribution is -0.123. The molecule has 1 saturated carbocycles. The minimum absolute atomic E-state index is 0.00237. The molecule has 6 rings (SSSR count). The number of hydrogen-bond acceptors (Lipinski definition) is 9. The van der Waals surface area contributed by atoms with Crippen molar-refractivity contribution < 1.29 is 22.4 Å². The van der Waals surface area contributed by atoms with Gasteiger partial charge in [-0.3, -0.25) is 14.5 Å². The second kappa shape index (κ2) is 12.1. The summed E-state index contributed by atoms with van der Waals surface area (Å²) >= 11 is 1.38. The molecular weight excluding hydrogens is 653 g/mol. The highest BCUT2D eigenvalue weighted by molar-refractivity contribution is 7.89. The van der Waals surface area contributed by atoms with Crippen LogP contribution in [0, 0.1) is 12.8 Å². The summed E-state index contributed by atoms with van der Waals surface area (Å²) in [5, 5.41) is 3.86. The fourth-order valence-electron chi connectivity index (χ4n) is 6.05. The second-order valence-corrected chi connectivity index (χ2v) is 21.9. The third-order valence-electron chi connectivity index (χ3n) is 10.1. The van der Waals surface area contributed by atoms with Gasteiger partial charge in [-0.1, -0.05) is 38.2 Å². The highest BCUT2D eigenvalue weighted by Gasteiger charge is 2.44. The van der Waals surface area contributed by atoms with Gasteiger partial charge in [0.2, 0.25) is 10.0 Å². The van der Waals surface area contributed by atoms with Crippen LogP contribution in [0.4, 0.5) is 16.8 Å². The number of pyridine rings is 1. The first-order valence-electron chi connectivity index (χ1n) is 16.1. The van der Waals surface area contributed by atoms with Crippen LogP contribution in [0.25, 0.3) is 10.4 Å². The predicted molar refractivity (Wildman–Crippen MR) is 187 cm³/mol. The maximum atomic E-state index is 13.5. The summed E-state index contributed by atoms with van der Waals surface area (Å²) < 4.78 is 35.2. The largest absolute Gasteiger partial charge is 0.405 e. The number of nitrogens with one attached hydrogen (secondary N) is 2. The monoisotopic (exact) mass is 696 g/mol. The summed E-state index contributed by atoms with van der Waals surface area (Å²) in [7, 11) is -4.67. The molecule has 0 radical (unpaired) electrons. The van der Waals surface area contributed by atoms with Gasteiger partial charge in [0.25, 0.3) is 11.8 Å². The van der Waals surface area contributed by atoms with E-state index >= 15 is 0 Å². The zero-order chi connectivity index (χ0) is 34.1. The number of sulfonamides is 1. The molecule has 1 saturated heterocycles. The Morgan fingerprint density at radius 1 is 1.11 bits per heavy atom. The van der Waals surface area contributed by atoms with Crippen molar-refractivity contribution in [2.75, 3.05) is 23.8 Å². The fraction of sp³-hybridized carbons (Fsp3) is 0.515. The van der Waals surface area contributed by atoms with E-state index in [0.29, 0.717) is 59.0 Å². The molecule has 2 aromatic heterocycles. The first-order chi connectivity index (χ1) is 22.0. The predicted octanol–water partition coefficient (Wildman–Crippen LogP) is 6.05. The highest BCUT2D eigenvalue weighted by atomic mass is 32.2. The molecule has 2 amide bonds. The van der Waals surface area contributed by atoms with E-state index in [1.54, 1.807) is 15.9 Å². The number of carbonyl (C=O) groups is 2. The Hall–Kier alpha value is -3.17. The number of thiazole rings is 1. The zero-order valence-corrected chi connectivity index (χ0v) is 30.9. The van der Waals surface area contributed by atoms with Crippen LogP contribution in [0.1, 0.15) is 68.6 Å². The van der Waals surface area contributed by atoms with Crippen LogP contribution in [0.2, 0.25) is 18.1 Å². The number of nitrogens with zero attached hydrogens (tertiary/aromatic N) is 4. The molecule has 2 aliphatic heterocycles. The van der Waals surface area contributed by atoms with Gasteiger partial charge in [0.1, 0.15) is 17.7 Å². The van der Waals surface area contributed by atoms with Gasteiger partial charge in [0.05, 0.1) is 21.0 Å². The number of carbonyl (C=O) groups excluding carboxylic acids is 2. The Morgan fingerprint density at radius 2 is 1.83 bits per heavy atom. The molecule has 47 heavy (non-hydrogen) atoms. The summed E-state index contributed by atoms with van der Waals surface area (Å²) in [4.78, 5) is 40.6. The van der Waals surface area contributed by atoms with E-state index in [-0.39, 0.29) is 33.4 Å². The van der Waals surface area contributed by atoms with Gasteiger partial charge in [-0.2, -0.15) is 0 Å². The van der Waals surface area contributed by atoms with Gasteiger partial charge >= 0.3 is 0 Å². The van der Waals surface area contributed by atoms with E-state index in [1.165, 1.54) is 18.4 Å². The van der Waals surface area contributed by atoms with Crippen molar-refractivity contribution in [3.63, 3.8) is 0 Å². The molecule has 14 heteroatoms. The van der Waals surface area contributed by atoms with Gasteiger partial charge in [-0.05, 0) is 99.6 Å². The number of anilines is 3. The Balaban J connectivity index is 1.25. The van der Waals surface area contributed by atoms with Gasteiger partial charge in [0.15, 0.2) is 13.4 Å². The number of rotatable bonds is 10. The van der Waals surface area contributed by atoms with Crippen LogP contribution in [0.5, 0.6) is 0 Å². The maximum absolute atomic E-state index is 13.5. The maximum Gasteiger partial charge on any atom is 0.256 e. The summed E-state index contributed by atoms with van der Waals surface area (Å²) in [6.45, 7) is 15.6. The van der Waals surface area contributed by atoms with E-state index in [4.69, 9.17) is 14.4 Å². The third-order valence-corrected chi connectivity index (χ3v) is 17.1. The lowest BCUT2D eigenvalue weighted by Crippen LogP contribution is -2.46. The molecule has 0 bridgehead atoms. The minimum atomic E-state index is -3.91. The Morgan fingerprint density at radius 3 is 2.49 bits per heavy atom. The van der Waals surface area contributed by atoms with Crippen LogP contribution < -0.4 is 14.9 Å². The zero-order valence-electron chi connectivity index (χ0n) is 28.3. The lowest BCUT2D eigenvalue weighted by atomic mass is 10.0. The molecule has 252 valence electrons. The molecule has 1 aromatic carbocycles. The van der Waals surface area contributed by atoms with E-state index < -0.39 is 24.4 Å². The summed E-state index contributed by atoms with van der Waals surface area (Å²) in [5.41, 5.74) is 2.36. The fourth-order valence-corrected chi connectivity index (χ4v) is 9.28. The van der Waals surface area contributed by atoms with E-state index in [2.05, 4.69) is 43.9 Å². The normalized spacial score (nSPS) is 19.4. The molecule has 3 aromatic rings. The standard InChI is InChI=1S/C33H44N6O5S2Si/c1-19-29(22-16-23-18-39(20(2)21-12-13-21)31(41)28(23)25(17-22)46(42,43)34-6)45-32(35-19)37-26-10-9-11-27(36-26)38-15-14-24(30(38)40)44-47(7,8)33(3,4)5/h9-11,16-17,20-21,24,34H,12-15,18H2,1-8H3,(H,35,36,37)/t20?,24-/m0/s1. The van der Waals surface area contributed by atoms with Crippen molar-refractivity contribution in [1.29, 1.82) is 0 Å². The third kappa shape index (κ3) is 6.37. The van der Waals surface area contributed by atoms with Crippen molar-refractivity contribution in [2.24, 2.45) is 5.92 Å². The Bertz CT molecular complexity index is 1850. The Kier molecular flexibility index (Phi) is 8.65. The molecule has 11 nitrogen and oxygen atoms in total. The van der Waals surface area contributed by atoms with Crippen molar-refractivity contribution in [1.82, 2.24) is 19.6 Å². The van der Waals surface area contributed by atoms with Gasteiger partial charge < -0.3 is 14.6 Å². The summed E-state index contributed by atoms with van der Waals surface area (Å²) in [6, 6.07) is 9.04. The molecule has 1 aliphatic carbocycles. The minimum Gasteiger partial charge on any atom is -0.405 e. The molecule has 2 atom stereocenters. The molecule has 0 spiro atoms. The van der Waals surface area contributed by atoms with Crippen LogP contribution >= 0.6 is 11.3 Å². The van der Waals surface area contributed by atoms with Gasteiger partial charge in [-0.15, -0.1) is 0 Å². The number of amides is 2. The number of aryl methyl sites for hydroxylation is 1. The Labute approximate surface area is 282 Å². The first kappa shape index (κ1) is 33.7. The van der Waals surface area contributed by atoms with E-state index in [9.17, 15) is 18.0 Å². The number of aromatic nitrogens is 2. The van der Waals surface area contributed by atoms with Crippen molar-refractivity contribution >= 4 is 58.3 Å². The summed E-state index contributed by atoms with van der Waals surface area (Å²) in [6.07, 6.45) is 2.32. The summed E-state index contributed by atoms with van der Waals surface area (Å²) in [5.74, 6) is 1.24. The molecule has 2 N–H and O–H groups in total. The van der Waals surface area contributed by atoms with Crippen LogP contribution in [-0.4, -0.2) is 69.2 Å². The van der Waals surface area contributed by atoms with Gasteiger partial charge in [-0.25, -0.2) is 23.1 Å². The lowest BCUT2D eigenvalue weighted by Gasteiger charge is -2.37. The molecule has 3 aliphatic rings. The molecule has 2 fully saturated rings. The average molecular weight is 697 g/mol. The molecule has 4 heterocycles. The van der Waals surface area contributed by atoms with E-state index in [0.717, 1.165) is 17.7 Å². The van der Waals surface area contributed by atoms with Crippen molar-refractivity contribution in [2.45, 2.75) is 95.6 Å². The average Bonchev–Trinajstić information content (AvgIpc) is 3.61.